The number of carbonyl (C=O) groups is 2. The van der Waals surface area contributed by atoms with Gasteiger partial charge >= 0.3 is 0 Å². The molecule has 0 bridgehead atoms. The third kappa shape index (κ3) is 5.77. The maximum Gasteiger partial charge on any atom is 0.247 e. The average Bonchev–Trinajstić information content (AvgIpc) is 3.68. The van der Waals surface area contributed by atoms with Crippen LogP contribution in [0.1, 0.15) is 57.1 Å². The average molecular weight is 506 g/mol. The fourth-order valence-electron chi connectivity index (χ4n) is 5.41. The van der Waals surface area contributed by atoms with E-state index in [0.717, 1.165) is 49.6 Å². The van der Waals surface area contributed by atoms with Gasteiger partial charge in [-0.25, -0.2) is 4.68 Å². The highest BCUT2D eigenvalue weighted by molar-refractivity contribution is 5.90. The van der Waals surface area contributed by atoms with Crippen LogP contribution in [0.5, 0.6) is 5.75 Å². The van der Waals surface area contributed by atoms with Crippen molar-refractivity contribution >= 4 is 22.8 Å². The minimum atomic E-state index is -0.852. The van der Waals surface area contributed by atoms with Gasteiger partial charge in [0.1, 0.15) is 23.9 Å². The van der Waals surface area contributed by atoms with Crippen LogP contribution in [0.3, 0.4) is 0 Å². The lowest BCUT2D eigenvalue weighted by atomic mass is 10.0. The van der Waals surface area contributed by atoms with Crippen LogP contribution in [0.4, 0.5) is 0 Å². The molecule has 1 aliphatic heterocycles. The van der Waals surface area contributed by atoms with Crippen LogP contribution in [0.25, 0.3) is 11.0 Å². The van der Waals surface area contributed by atoms with Crippen molar-refractivity contribution in [3.63, 3.8) is 0 Å². The third-order valence-corrected chi connectivity index (χ3v) is 7.22. The Balaban J connectivity index is 1.51. The minimum absolute atomic E-state index is 0.0305. The number of amides is 2. The molecule has 37 heavy (non-hydrogen) atoms. The second kappa shape index (κ2) is 11.7. The highest BCUT2D eigenvalue weighted by atomic mass is 16.5. The van der Waals surface area contributed by atoms with E-state index in [4.69, 9.17) is 9.47 Å². The van der Waals surface area contributed by atoms with E-state index in [1.165, 1.54) is 0 Å². The van der Waals surface area contributed by atoms with Gasteiger partial charge in [-0.05, 0) is 50.8 Å². The lowest BCUT2D eigenvalue weighted by Gasteiger charge is -2.34. The van der Waals surface area contributed by atoms with Gasteiger partial charge in [-0.2, -0.15) is 0 Å². The first-order chi connectivity index (χ1) is 18.1. The summed E-state index contributed by atoms with van der Waals surface area (Å²) in [5.74, 6) is 0.200. The van der Waals surface area contributed by atoms with Gasteiger partial charge in [0.25, 0.3) is 0 Å². The molecule has 1 N–H and O–H groups in total. The molecule has 2 aliphatic rings. The van der Waals surface area contributed by atoms with Gasteiger partial charge in [0, 0.05) is 24.8 Å². The Bertz CT molecular complexity index is 1220. The van der Waals surface area contributed by atoms with E-state index in [1.54, 1.807) is 9.58 Å². The second-order valence-electron chi connectivity index (χ2n) is 9.78. The number of hydrogen-bond acceptors (Lipinski definition) is 6. The zero-order valence-corrected chi connectivity index (χ0v) is 21.3. The molecule has 1 aliphatic carbocycles. The summed E-state index contributed by atoms with van der Waals surface area (Å²) < 4.78 is 13.4. The van der Waals surface area contributed by atoms with Crippen LogP contribution in [0.15, 0.2) is 48.5 Å². The van der Waals surface area contributed by atoms with Crippen molar-refractivity contribution in [3.8, 4) is 5.75 Å². The Morgan fingerprint density at radius 1 is 1.11 bits per heavy atom. The van der Waals surface area contributed by atoms with Gasteiger partial charge in [-0.15, -0.1) is 5.10 Å². The van der Waals surface area contributed by atoms with E-state index in [1.807, 2.05) is 55.5 Å². The molecule has 2 heterocycles. The molecular formula is C28H35N5O4. The zero-order valence-electron chi connectivity index (χ0n) is 21.3. The molecule has 5 rings (SSSR count). The quantitative estimate of drug-likeness (QED) is 0.452. The van der Waals surface area contributed by atoms with E-state index in [0.29, 0.717) is 31.1 Å². The lowest BCUT2D eigenvalue weighted by molar-refractivity contribution is -0.143. The highest BCUT2D eigenvalue weighted by Gasteiger charge is 2.37. The van der Waals surface area contributed by atoms with E-state index in [9.17, 15) is 9.59 Å². The first-order valence-electron chi connectivity index (χ1n) is 13.4. The molecule has 1 saturated carbocycles. The summed E-state index contributed by atoms with van der Waals surface area (Å²) in [6.07, 6.45) is 5.77. The number of hydrogen-bond donors (Lipinski definition) is 1. The number of fused-ring (bicyclic) bond motifs is 1. The number of para-hydroxylation sites is 2. The van der Waals surface area contributed by atoms with Crippen molar-refractivity contribution in [2.24, 2.45) is 0 Å². The zero-order chi connectivity index (χ0) is 25.6. The summed E-state index contributed by atoms with van der Waals surface area (Å²) in [5, 5.41) is 11.6. The summed E-state index contributed by atoms with van der Waals surface area (Å²) in [6.45, 7) is 3.31. The molecule has 2 aromatic carbocycles. The van der Waals surface area contributed by atoms with Crippen LogP contribution >= 0.6 is 0 Å². The fourth-order valence-corrected chi connectivity index (χ4v) is 5.41. The third-order valence-electron chi connectivity index (χ3n) is 7.22. The summed E-state index contributed by atoms with van der Waals surface area (Å²) in [6, 6.07) is 14.3. The molecular weight excluding hydrogens is 470 g/mol. The van der Waals surface area contributed by atoms with Gasteiger partial charge in [-0.1, -0.05) is 48.4 Å². The first kappa shape index (κ1) is 25.2. The Morgan fingerprint density at radius 3 is 2.68 bits per heavy atom. The van der Waals surface area contributed by atoms with Crippen LogP contribution in [-0.4, -0.2) is 63.6 Å². The Kier molecular flexibility index (Phi) is 7.99. The molecule has 9 heteroatoms. The van der Waals surface area contributed by atoms with Gasteiger partial charge in [0.2, 0.25) is 11.8 Å². The number of rotatable bonds is 10. The minimum Gasteiger partial charge on any atom is -0.494 e. The van der Waals surface area contributed by atoms with Crippen molar-refractivity contribution in [3.05, 3.63) is 54.1 Å². The molecule has 1 aromatic heterocycles. The standard InChI is InChI=1S/C28H35N5O4/c1-2-36-25-16-8-5-13-22(25)27(28(35)29-20-10-3-4-11-20)32(18-21-12-9-17-37-21)26(34)19-33-24-15-7-6-14-23(24)30-31-33/h5-8,13-16,20-21,27H,2-4,9-12,17-19H2,1H3,(H,29,35)/t21-,27-/m1/s1. The monoisotopic (exact) mass is 505 g/mol. The molecule has 1 saturated heterocycles. The molecule has 9 nitrogen and oxygen atoms in total. The summed E-state index contributed by atoms with van der Waals surface area (Å²) >= 11 is 0. The van der Waals surface area contributed by atoms with Crippen molar-refractivity contribution < 1.29 is 19.1 Å². The molecule has 3 aromatic rings. The van der Waals surface area contributed by atoms with Gasteiger partial charge in [0.15, 0.2) is 0 Å². The lowest BCUT2D eigenvalue weighted by Crippen LogP contribution is -2.49. The van der Waals surface area contributed by atoms with Gasteiger partial charge in [0.05, 0.1) is 18.2 Å². The predicted octanol–water partition coefficient (Wildman–Crippen LogP) is 3.64. The van der Waals surface area contributed by atoms with Crippen LogP contribution in [0, 0.1) is 0 Å². The molecule has 2 fully saturated rings. The summed E-state index contributed by atoms with van der Waals surface area (Å²) in [7, 11) is 0. The number of nitrogens with one attached hydrogen (secondary N) is 1. The van der Waals surface area contributed by atoms with Gasteiger partial charge in [-0.3, -0.25) is 9.59 Å². The highest BCUT2D eigenvalue weighted by Crippen LogP contribution is 2.32. The largest absolute Gasteiger partial charge is 0.494 e. The molecule has 0 radical (unpaired) electrons. The number of ether oxygens (including phenoxy) is 2. The number of aromatic nitrogens is 3. The van der Waals surface area contributed by atoms with E-state index in [-0.39, 0.29) is 30.5 Å². The Morgan fingerprint density at radius 2 is 1.89 bits per heavy atom. The first-order valence-corrected chi connectivity index (χ1v) is 13.4. The van der Waals surface area contributed by atoms with E-state index >= 15 is 0 Å². The maximum atomic E-state index is 14.0. The SMILES string of the molecule is CCOc1ccccc1[C@H](C(=O)NC1CCCC1)N(C[C@H]1CCCO1)C(=O)Cn1nnc2ccccc21. The maximum absolute atomic E-state index is 14.0. The summed E-state index contributed by atoms with van der Waals surface area (Å²) in [4.78, 5) is 29.6. The predicted molar refractivity (Wildman–Crippen MR) is 139 cm³/mol. The topological polar surface area (TPSA) is 98.6 Å². The fraction of sp³-hybridized carbons (Fsp3) is 0.500. The summed E-state index contributed by atoms with van der Waals surface area (Å²) in [5.41, 5.74) is 2.17. The molecule has 0 spiro atoms. The van der Waals surface area contributed by atoms with Crippen LogP contribution in [-0.2, 0) is 20.9 Å². The van der Waals surface area contributed by atoms with Crippen molar-refractivity contribution in [1.29, 1.82) is 0 Å². The van der Waals surface area contributed by atoms with E-state index in [2.05, 4.69) is 15.6 Å². The van der Waals surface area contributed by atoms with Gasteiger partial charge < -0.3 is 19.7 Å². The van der Waals surface area contributed by atoms with Crippen LogP contribution < -0.4 is 10.1 Å². The van der Waals surface area contributed by atoms with E-state index < -0.39 is 6.04 Å². The normalized spacial score (nSPS) is 18.7. The van der Waals surface area contributed by atoms with Crippen molar-refractivity contribution in [2.75, 3.05) is 19.8 Å². The van der Waals surface area contributed by atoms with Crippen molar-refractivity contribution in [1.82, 2.24) is 25.2 Å². The molecule has 2 atom stereocenters. The Hall–Kier alpha value is -3.46. The van der Waals surface area contributed by atoms with Crippen molar-refractivity contribution in [2.45, 2.75) is 70.2 Å². The second-order valence-corrected chi connectivity index (χ2v) is 9.78. The van der Waals surface area contributed by atoms with Crippen LogP contribution in [0.2, 0.25) is 0 Å². The number of nitrogens with zero attached hydrogens (tertiary/aromatic N) is 4. The smallest absolute Gasteiger partial charge is 0.247 e. The molecule has 0 unspecified atom stereocenters. The number of benzene rings is 2. The Labute approximate surface area is 217 Å². The molecule has 196 valence electrons. The molecule has 2 amide bonds. The number of carbonyl (C=O) groups excluding carboxylic acids is 2.